The van der Waals surface area contributed by atoms with Crippen LogP contribution >= 0.6 is 0 Å². The number of rotatable bonds is 8. The Morgan fingerprint density at radius 1 is 1.14 bits per heavy atom. The highest BCUT2D eigenvalue weighted by atomic mass is 32.2. The van der Waals surface area contributed by atoms with Gasteiger partial charge in [0.1, 0.15) is 0 Å². The fraction of sp³-hybridized carbons (Fsp3) is 0.579. The van der Waals surface area contributed by atoms with Crippen LogP contribution < -0.4 is 9.47 Å². The third kappa shape index (κ3) is 4.76. The maximum absolute atomic E-state index is 12.6. The first kappa shape index (κ1) is 20.4. The predicted octanol–water partition coefficient (Wildman–Crippen LogP) is 1.43. The lowest BCUT2D eigenvalue weighted by atomic mass is 10.2. The zero-order valence-electron chi connectivity index (χ0n) is 16.0. The SMILES string of the molecule is CCOc1ccc(C(=O)OCC(=O)N(C2CC2)[C@H]2CCS(=O)(=O)C2)cc1OC. The molecule has 28 heavy (non-hydrogen) atoms. The molecule has 1 atom stereocenters. The van der Waals surface area contributed by atoms with E-state index in [1.165, 1.54) is 13.2 Å². The summed E-state index contributed by atoms with van der Waals surface area (Å²) >= 11 is 0. The van der Waals surface area contributed by atoms with Gasteiger partial charge in [0.25, 0.3) is 5.91 Å². The summed E-state index contributed by atoms with van der Waals surface area (Å²) in [7, 11) is -1.63. The van der Waals surface area contributed by atoms with E-state index in [1.807, 2.05) is 6.92 Å². The first-order valence-electron chi connectivity index (χ1n) is 9.34. The minimum Gasteiger partial charge on any atom is -0.493 e. The van der Waals surface area contributed by atoms with Crippen molar-refractivity contribution in [1.82, 2.24) is 4.90 Å². The molecular weight excluding hydrogens is 386 g/mol. The van der Waals surface area contributed by atoms with Crippen LogP contribution in [-0.2, 0) is 19.4 Å². The second-order valence-electron chi connectivity index (χ2n) is 6.96. The van der Waals surface area contributed by atoms with Crippen molar-refractivity contribution in [2.75, 3.05) is 31.8 Å². The van der Waals surface area contributed by atoms with E-state index in [1.54, 1.807) is 17.0 Å². The minimum absolute atomic E-state index is 0.0146. The summed E-state index contributed by atoms with van der Waals surface area (Å²) in [4.78, 5) is 26.6. The number of esters is 1. The molecule has 1 heterocycles. The number of carbonyl (C=O) groups is 2. The summed E-state index contributed by atoms with van der Waals surface area (Å²) in [5.74, 6) is -0.00198. The Bertz CT molecular complexity index is 848. The summed E-state index contributed by atoms with van der Waals surface area (Å²) < 4.78 is 39.3. The highest BCUT2D eigenvalue weighted by Crippen LogP contribution is 2.32. The average Bonchev–Trinajstić information content (AvgIpc) is 3.43. The van der Waals surface area contributed by atoms with Crippen molar-refractivity contribution in [3.8, 4) is 11.5 Å². The van der Waals surface area contributed by atoms with Crippen molar-refractivity contribution >= 4 is 21.7 Å². The Balaban J connectivity index is 1.62. The molecule has 0 aromatic heterocycles. The van der Waals surface area contributed by atoms with Crippen LogP contribution in [0.1, 0.15) is 36.5 Å². The molecule has 1 saturated heterocycles. The molecule has 154 valence electrons. The molecule has 1 aliphatic heterocycles. The van der Waals surface area contributed by atoms with Crippen LogP contribution in [0.4, 0.5) is 0 Å². The average molecular weight is 411 g/mol. The number of hydrogen-bond acceptors (Lipinski definition) is 7. The van der Waals surface area contributed by atoms with Crippen LogP contribution in [0.2, 0.25) is 0 Å². The molecule has 1 aromatic carbocycles. The van der Waals surface area contributed by atoms with Gasteiger partial charge in [-0.3, -0.25) is 4.79 Å². The quantitative estimate of drug-likeness (QED) is 0.597. The summed E-state index contributed by atoms with van der Waals surface area (Å²) in [6.07, 6.45) is 2.15. The first-order valence-corrected chi connectivity index (χ1v) is 11.2. The van der Waals surface area contributed by atoms with Gasteiger partial charge in [-0.2, -0.15) is 0 Å². The van der Waals surface area contributed by atoms with Crippen molar-refractivity contribution in [3.63, 3.8) is 0 Å². The lowest BCUT2D eigenvalue weighted by Gasteiger charge is -2.28. The van der Waals surface area contributed by atoms with Gasteiger partial charge >= 0.3 is 5.97 Å². The Labute approximate surface area is 164 Å². The van der Waals surface area contributed by atoms with E-state index in [0.717, 1.165) is 12.8 Å². The van der Waals surface area contributed by atoms with Gasteiger partial charge in [0, 0.05) is 12.1 Å². The Morgan fingerprint density at radius 2 is 1.89 bits per heavy atom. The largest absolute Gasteiger partial charge is 0.493 e. The molecule has 0 spiro atoms. The highest BCUT2D eigenvalue weighted by molar-refractivity contribution is 7.91. The number of benzene rings is 1. The Hall–Kier alpha value is -2.29. The van der Waals surface area contributed by atoms with Crippen LogP contribution in [0, 0.1) is 0 Å². The molecule has 0 bridgehead atoms. The fourth-order valence-electron chi connectivity index (χ4n) is 3.41. The monoisotopic (exact) mass is 411 g/mol. The second-order valence-corrected chi connectivity index (χ2v) is 9.19. The maximum Gasteiger partial charge on any atom is 0.338 e. The van der Waals surface area contributed by atoms with E-state index in [0.29, 0.717) is 24.5 Å². The van der Waals surface area contributed by atoms with Crippen molar-refractivity contribution in [2.45, 2.75) is 38.3 Å². The smallest absolute Gasteiger partial charge is 0.338 e. The first-order chi connectivity index (χ1) is 13.3. The third-order valence-corrected chi connectivity index (χ3v) is 6.61. The molecule has 2 aliphatic rings. The van der Waals surface area contributed by atoms with Crippen LogP contribution in [-0.4, -0.2) is 69.1 Å². The van der Waals surface area contributed by atoms with Crippen molar-refractivity contribution in [3.05, 3.63) is 23.8 Å². The van der Waals surface area contributed by atoms with Gasteiger partial charge in [-0.05, 0) is 44.4 Å². The normalized spacial score (nSPS) is 20.4. The van der Waals surface area contributed by atoms with Gasteiger partial charge in [0.15, 0.2) is 27.9 Å². The summed E-state index contributed by atoms with van der Waals surface area (Å²) in [5, 5.41) is 0. The van der Waals surface area contributed by atoms with E-state index in [4.69, 9.17) is 14.2 Å². The van der Waals surface area contributed by atoms with E-state index in [-0.39, 0.29) is 35.1 Å². The third-order valence-electron chi connectivity index (χ3n) is 4.86. The van der Waals surface area contributed by atoms with Crippen LogP contribution in [0.5, 0.6) is 11.5 Å². The molecule has 0 N–H and O–H groups in total. The molecule has 1 aromatic rings. The molecule has 1 amide bonds. The summed E-state index contributed by atoms with van der Waals surface area (Å²) in [6, 6.07) is 4.38. The summed E-state index contributed by atoms with van der Waals surface area (Å²) in [6.45, 7) is 1.89. The Morgan fingerprint density at radius 3 is 2.46 bits per heavy atom. The number of hydrogen-bond donors (Lipinski definition) is 0. The molecule has 3 rings (SSSR count). The number of methoxy groups -OCH3 is 1. The fourth-order valence-corrected chi connectivity index (χ4v) is 5.12. The van der Waals surface area contributed by atoms with Gasteiger partial charge < -0.3 is 19.1 Å². The molecule has 9 heteroatoms. The van der Waals surface area contributed by atoms with Crippen LogP contribution in [0.3, 0.4) is 0 Å². The molecular formula is C19H25NO7S. The maximum atomic E-state index is 12.6. The molecule has 0 radical (unpaired) electrons. The zero-order valence-corrected chi connectivity index (χ0v) is 16.9. The van der Waals surface area contributed by atoms with E-state index < -0.39 is 22.4 Å². The molecule has 2 fully saturated rings. The van der Waals surface area contributed by atoms with Gasteiger partial charge in [0.05, 0.1) is 30.8 Å². The standard InChI is InChI=1S/C19H25NO7S/c1-3-26-16-7-4-13(10-17(16)25-2)19(22)27-11-18(21)20(14-5-6-14)15-8-9-28(23,24)12-15/h4,7,10,14-15H,3,5-6,8-9,11-12H2,1-2H3/t15-/m0/s1. The predicted molar refractivity (Wildman–Crippen MR) is 101 cm³/mol. The van der Waals surface area contributed by atoms with Crippen LogP contribution in [0.15, 0.2) is 18.2 Å². The number of carbonyl (C=O) groups excluding carboxylic acids is 2. The van der Waals surface area contributed by atoms with E-state index in [2.05, 4.69) is 0 Å². The second kappa shape index (κ2) is 8.38. The Kier molecular flexibility index (Phi) is 6.12. The lowest BCUT2D eigenvalue weighted by Crippen LogP contribution is -2.44. The van der Waals surface area contributed by atoms with Crippen LogP contribution in [0.25, 0.3) is 0 Å². The van der Waals surface area contributed by atoms with Gasteiger partial charge in [-0.25, -0.2) is 13.2 Å². The molecule has 1 saturated carbocycles. The zero-order chi connectivity index (χ0) is 20.3. The lowest BCUT2D eigenvalue weighted by molar-refractivity contribution is -0.137. The number of sulfone groups is 1. The van der Waals surface area contributed by atoms with Gasteiger partial charge in [0.2, 0.25) is 0 Å². The number of amides is 1. The number of nitrogens with zero attached hydrogens (tertiary/aromatic N) is 1. The van der Waals surface area contributed by atoms with Crippen molar-refractivity contribution < 1.29 is 32.2 Å². The van der Waals surface area contributed by atoms with Gasteiger partial charge in [-0.15, -0.1) is 0 Å². The van der Waals surface area contributed by atoms with E-state index in [9.17, 15) is 18.0 Å². The molecule has 8 nitrogen and oxygen atoms in total. The summed E-state index contributed by atoms with van der Waals surface area (Å²) in [5.41, 5.74) is 0.245. The highest BCUT2D eigenvalue weighted by Gasteiger charge is 2.42. The van der Waals surface area contributed by atoms with Gasteiger partial charge in [-0.1, -0.05) is 0 Å². The topological polar surface area (TPSA) is 99.2 Å². The minimum atomic E-state index is -3.10. The van der Waals surface area contributed by atoms with Crippen molar-refractivity contribution in [1.29, 1.82) is 0 Å². The van der Waals surface area contributed by atoms with Crippen molar-refractivity contribution in [2.24, 2.45) is 0 Å². The molecule has 1 aliphatic carbocycles. The number of ether oxygens (including phenoxy) is 3. The van der Waals surface area contributed by atoms with E-state index >= 15 is 0 Å². The molecule has 0 unspecified atom stereocenters.